The highest BCUT2D eigenvalue weighted by Crippen LogP contribution is 2.20. The van der Waals surface area contributed by atoms with Crippen molar-refractivity contribution in [2.45, 2.75) is 122 Å². The number of carbonyl (C=O) groups is 1. The molecule has 0 saturated heterocycles. The van der Waals surface area contributed by atoms with Crippen molar-refractivity contribution in [3.05, 3.63) is 0 Å². The molecule has 1 atom stereocenters. The van der Waals surface area contributed by atoms with Gasteiger partial charge in [0.15, 0.2) is 0 Å². The number of hydrogen-bond acceptors (Lipinski definition) is 5. The highest BCUT2D eigenvalue weighted by atomic mass is 32.2. The summed E-state index contributed by atoms with van der Waals surface area (Å²) < 4.78 is 43.0. The molecule has 0 amide bonds. The Morgan fingerprint density at radius 2 is 1.54 bits per heavy atom. The topological polar surface area (TPSA) is 89.9 Å². The first kappa shape index (κ1) is 27.3. The highest BCUT2D eigenvalue weighted by molar-refractivity contribution is 7.86. The Labute approximate surface area is 172 Å². The minimum Gasteiger partial charge on any atom is -0.460 e. The summed E-state index contributed by atoms with van der Waals surface area (Å²) in [5.74, 6) is -0.185. The first-order chi connectivity index (χ1) is 12.8. The number of hydrogen-bond donors (Lipinski definition) is 1. The smallest absolute Gasteiger partial charge is 0.306 e. The molecule has 7 heteroatoms. The van der Waals surface area contributed by atoms with Gasteiger partial charge in [-0.05, 0) is 53.9 Å². The van der Waals surface area contributed by atoms with Gasteiger partial charge in [-0.25, -0.2) is 0 Å². The molecule has 0 spiro atoms. The standard InChI is InChI=1S/C21H42O6S/c1-7-13-18(28(23,24)25)14-11-9-8-10-12-15-19(22)27-21(5,6)16-17-26-20(2,3)4/h18H,7-17H2,1-6H3,(H,23,24,25). The van der Waals surface area contributed by atoms with Gasteiger partial charge in [-0.2, -0.15) is 8.42 Å². The Morgan fingerprint density at radius 1 is 0.964 bits per heavy atom. The Morgan fingerprint density at radius 3 is 2.07 bits per heavy atom. The van der Waals surface area contributed by atoms with Gasteiger partial charge < -0.3 is 9.47 Å². The monoisotopic (exact) mass is 422 g/mol. The van der Waals surface area contributed by atoms with Crippen LogP contribution in [0.25, 0.3) is 0 Å². The van der Waals surface area contributed by atoms with Crippen molar-refractivity contribution in [1.82, 2.24) is 0 Å². The molecule has 0 radical (unpaired) electrons. The molecule has 168 valence electrons. The molecule has 0 aromatic carbocycles. The zero-order chi connectivity index (χ0) is 21.8. The lowest BCUT2D eigenvalue weighted by Gasteiger charge is -2.27. The van der Waals surface area contributed by atoms with Crippen LogP contribution < -0.4 is 0 Å². The van der Waals surface area contributed by atoms with Crippen molar-refractivity contribution in [3.8, 4) is 0 Å². The maximum absolute atomic E-state index is 12.0. The molecular formula is C21H42O6S. The van der Waals surface area contributed by atoms with Crippen LogP contribution in [-0.4, -0.2) is 42.0 Å². The van der Waals surface area contributed by atoms with Gasteiger partial charge in [0.25, 0.3) is 10.1 Å². The molecule has 0 bridgehead atoms. The van der Waals surface area contributed by atoms with Crippen molar-refractivity contribution in [1.29, 1.82) is 0 Å². The lowest BCUT2D eigenvalue weighted by Crippen LogP contribution is -2.31. The van der Waals surface area contributed by atoms with E-state index in [4.69, 9.17) is 9.47 Å². The predicted octanol–water partition coefficient (Wildman–Crippen LogP) is 5.30. The van der Waals surface area contributed by atoms with Crippen LogP contribution in [-0.2, 0) is 24.4 Å². The van der Waals surface area contributed by atoms with Gasteiger partial charge in [0.05, 0.1) is 17.5 Å². The second-order valence-electron chi connectivity index (χ2n) is 9.18. The lowest BCUT2D eigenvalue weighted by atomic mass is 10.0. The third-order valence-corrected chi connectivity index (χ3v) is 5.88. The molecule has 1 unspecified atom stereocenters. The quantitative estimate of drug-likeness (QED) is 0.219. The van der Waals surface area contributed by atoms with E-state index in [1.54, 1.807) is 0 Å². The molecule has 0 aliphatic heterocycles. The number of rotatable bonds is 15. The van der Waals surface area contributed by atoms with Gasteiger partial charge >= 0.3 is 5.97 Å². The van der Waals surface area contributed by atoms with E-state index in [0.717, 1.165) is 38.5 Å². The second-order valence-corrected chi connectivity index (χ2v) is 10.9. The summed E-state index contributed by atoms with van der Waals surface area (Å²) in [7, 11) is -3.94. The maximum atomic E-state index is 12.0. The molecule has 0 rings (SSSR count). The zero-order valence-corrected chi connectivity index (χ0v) is 19.6. The SMILES string of the molecule is CCCC(CCCCCCCC(=O)OC(C)(C)CCOC(C)(C)C)S(=O)(=O)O. The summed E-state index contributed by atoms with van der Waals surface area (Å²) in [6.45, 7) is 12.3. The first-order valence-electron chi connectivity index (χ1n) is 10.6. The van der Waals surface area contributed by atoms with Crippen molar-refractivity contribution >= 4 is 16.1 Å². The van der Waals surface area contributed by atoms with Crippen LogP contribution in [0.4, 0.5) is 0 Å². The largest absolute Gasteiger partial charge is 0.460 e. The van der Waals surface area contributed by atoms with E-state index in [1.165, 1.54) is 0 Å². The fourth-order valence-corrected chi connectivity index (χ4v) is 3.95. The van der Waals surface area contributed by atoms with E-state index in [9.17, 15) is 17.8 Å². The molecule has 0 aromatic rings. The van der Waals surface area contributed by atoms with Gasteiger partial charge in [0.1, 0.15) is 5.60 Å². The van der Waals surface area contributed by atoms with Gasteiger partial charge in [0.2, 0.25) is 0 Å². The summed E-state index contributed by atoms with van der Waals surface area (Å²) >= 11 is 0. The van der Waals surface area contributed by atoms with E-state index in [0.29, 0.717) is 32.3 Å². The molecule has 0 heterocycles. The molecule has 0 aliphatic rings. The van der Waals surface area contributed by atoms with Gasteiger partial charge in [-0.15, -0.1) is 0 Å². The summed E-state index contributed by atoms with van der Waals surface area (Å²) in [5.41, 5.74) is -0.732. The van der Waals surface area contributed by atoms with E-state index in [2.05, 4.69) is 0 Å². The molecule has 6 nitrogen and oxygen atoms in total. The average molecular weight is 423 g/mol. The van der Waals surface area contributed by atoms with E-state index in [1.807, 2.05) is 41.5 Å². The first-order valence-corrected chi connectivity index (χ1v) is 12.1. The number of ether oxygens (including phenoxy) is 2. The van der Waals surface area contributed by atoms with Gasteiger partial charge in [-0.3, -0.25) is 9.35 Å². The summed E-state index contributed by atoms with van der Waals surface area (Å²) in [6, 6.07) is 0. The van der Waals surface area contributed by atoms with Crippen LogP contribution in [0, 0.1) is 0 Å². The Balaban J connectivity index is 3.89. The van der Waals surface area contributed by atoms with E-state index >= 15 is 0 Å². The molecule has 0 fully saturated rings. The Kier molecular flexibility index (Phi) is 12.5. The van der Waals surface area contributed by atoms with Crippen LogP contribution >= 0.6 is 0 Å². The summed E-state index contributed by atoms with van der Waals surface area (Å²) in [5, 5.41) is -0.642. The number of carbonyl (C=O) groups excluding carboxylic acids is 1. The maximum Gasteiger partial charge on any atom is 0.306 e. The Hall–Kier alpha value is -0.660. The fraction of sp³-hybridized carbons (Fsp3) is 0.952. The van der Waals surface area contributed by atoms with E-state index in [-0.39, 0.29) is 11.6 Å². The van der Waals surface area contributed by atoms with Crippen LogP contribution in [0.1, 0.15) is 106 Å². The normalized spacial score (nSPS) is 14.1. The third kappa shape index (κ3) is 15.3. The number of unbranched alkanes of at least 4 members (excludes halogenated alkanes) is 4. The van der Waals surface area contributed by atoms with E-state index < -0.39 is 21.0 Å². The number of esters is 1. The Bertz CT molecular complexity index is 534. The fourth-order valence-electron chi connectivity index (χ4n) is 2.95. The molecular weight excluding hydrogens is 380 g/mol. The van der Waals surface area contributed by atoms with Crippen LogP contribution in [0.5, 0.6) is 0 Å². The van der Waals surface area contributed by atoms with Crippen LogP contribution in [0.2, 0.25) is 0 Å². The molecule has 0 saturated carbocycles. The van der Waals surface area contributed by atoms with Crippen molar-refractivity contribution in [3.63, 3.8) is 0 Å². The van der Waals surface area contributed by atoms with Crippen LogP contribution in [0.15, 0.2) is 0 Å². The molecule has 1 N–H and O–H groups in total. The second kappa shape index (κ2) is 12.8. The molecule has 0 aromatic heterocycles. The van der Waals surface area contributed by atoms with Crippen molar-refractivity contribution < 1.29 is 27.2 Å². The van der Waals surface area contributed by atoms with Crippen LogP contribution in [0.3, 0.4) is 0 Å². The summed E-state index contributed by atoms with van der Waals surface area (Å²) in [6.07, 6.45) is 7.09. The highest BCUT2D eigenvalue weighted by Gasteiger charge is 2.24. The molecule has 28 heavy (non-hydrogen) atoms. The van der Waals surface area contributed by atoms with Gasteiger partial charge in [-0.1, -0.05) is 39.0 Å². The average Bonchev–Trinajstić information content (AvgIpc) is 2.49. The zero-order valence-electron chi connectivity index (χ0n) is 18.8. The van der Waals surface area contributed by atoms with Crippen molar-refractivity contribution in [2.24, 2.45) is 0 Å². The van der Waals surface area contributed by atoms with Crippen molar-refractivity contribution in [2.75, 3.05) is 6.61 Å². The molecule has 0 aliphatic carbocycles. The predicted molar refractivity (Wildman–Crippen MR) is 113 cm³/mol. The third-order valence-electron chi connectivity index (χ3n) is 4.57. The lowest BCUT2D eigenvalue weighted by molar-refractivity contribution is -0.159. The summed E-state index contributed by atoms with van der Waals surface area (Å²) in [4.78, 5) is 12.0. The minimum absolute atomic E-state index is 0.185. The van der Waals surface area contributed by atoms with Gasteiger partial charge in [0, 0.05) is 12.8 Å². The minimum atomic E-state index is -3.94.